The van der Waals surface area contributed by atoms with Crippen molar-refractivity contribution >= 4 is 15.9 Å². The lowest BCUT2D eigenvalue weighted by atomic mass is 9.97. The van der Waals surface area contributed by atoms with Gasteiger partial charge in [0.25, 0.3) is 5.91 Å². The summed E-state index contributed by atoms with van der Waals surface area (Å²) in [6.07, 6.45) is -0.793. The van der Waals surface area contributed by atoms with Gasteiger partial charge in [-0.25, -0.2) is 12.7 Å². The summed E-state index contributed by atoms with van der Waals surface area (Å²) in [5, 5.41) is 0. The number of nitrogens with two attached hydrogens (primary N) is 1. The summed E-state index contributed by atoms with van der Waals surface area (Å²) in [6, 6.07) is 3.84. The summed E-state index contributed by atoms with van der Waals surface area (Å²) >= 11 is 0. The lowest BCUT2D eigenvalue weighted by Gasteiger charge is -2.33. The number of sulfonamides is 1. The first-order valence-electron chi connectivity index (χ1n) is 10.6. The number of benzene rings is 1. The fourth-order valence-corrected chi connectivity index (χ4v) is 6.19. The van der Waals surface area contributed by atoms with E-state index in [0.717, 1.165) is 41.2 Å². The molecule has 3 rings (SSSR count). The predicted octanol–water partition coefficient (Wildman–Crippen LogP) is 2.83. The number of carbonyl (C=O) groups excluding carboxylic acids is 1. The molecular formula is C21H30F3N3O3S. The Kier molecular flexibility index (Phi) is 7.02. The minimum absolute atomic E-state index is 0.00181. The van der Waals surface area contributed by atoms with Crippen molar-refractivity contribution in [1.82, 2.24) is 9.21 Å². The van der Waals surface area contributed by atoms with E-state index in [0.29, 0.717) is 32.4 Å². The van der Waals surface area contributed by atoms with Gasteiger partial charge in [-0.2, -0.15) is 13.2 Å². The van der Waals surface area contributed by atoms with E-state index in [4.69, 9.17) is 5.73 Å². The zero-order valence-electron chi connectivity index (χ0n) is 17.8. The molecule has 0 unspecified atom stereocenters. The molecule has 0 radical (unpaired) electrons. The van der Waals surface area contributed by atoms with Gasteiger partial charge in [0.2, 0.25) is 10.0 Å². The van der Waals surface area contributed by atoms with Crippen molar-refractivity contribution in [3.8, 4) is 0 Å². The van der Waals surface area contributed by atoms with Gasteiger partial charge in [0.05, 0.1) is 23.9 Å². The maximum Gasteiger partial charge on any atom is 0.416 e. The topological polar surface area (TPSA) is 83.7 Å². The number of hydrogen-bond acceptors (Lipinski definition) is 5. The molecule has 0 spiro atoms. The summed E-state index contributed by atoms with van der Waals surface area (Å²) in [5.41, 5.74) is 6.04. The highest BCUT2D eigenvalue weighted by Crippen LogP contribution is 2.42. The molecular weight excluding hydrogens is 431 g/mol. The fourth-order valence-electron chi connectivity index (χ4n) is 4.98. The maximum absolute atomic E-state index is 12.9. The summed E-state index contributed by atoms with van der Waals surface area (Å²) in [7, 11) is -3.77. The van der Waals surface area contributed by atoms with E-state index < -0.39 is 39.8 Å². The van der Waals surface area contributed by atoms with Crippen molar-refractivity contribution in [2.75, 3.05) is 19.3 Å². The fraction of sp³-hybridized carbons (Fsp3) is 0.667. The van der Waals surface area contributed by atoms with Crippen LogP contribution in [0.25, 0.3) is 0 Å². The van der Waals surface area contributed by atoms with Crippen molar-refractivity contribution in [3.63, 3.8) is 0 Å². The normalized spacial score (nSPS) is 25.4. The number of halogens is 3. The molecule has 1 aromatic carbocycles. The van der Waals surface area contributed by atoms with E-state index in [1.807, 2.05) is 6.92 Å². The molecule has 0 aromatic heterocycles. The zero-order chi connectivity index (χ0) is 23.0. The van der Waals surface area contributed by atoms with E-state index in [2.05, 4.69) is 4.90 Å². The van der Waals surface area contributed by atoms with Gasteiger partial charge >= 0.3 is 6.18 Å². The molecule has 1 saturated carbocycles. The van der Waals surface area contributed by atoms with Crippen LogP contribution in [0.2, 0.25) is 0 Å². The molecule has 4 atom stereocenters. The van der Waals surface area contributed by atoms with Crippen molar-refractivity contribution in [2.24, 2.45) is 17.6 Å². The Morgan fingerprint density at radius 1 is 1.23 bits per heavy atom. The Hall–Kier alpha value is -1.65. The maximum atomic E-state index is 12.9. The van der Waals surface area contributed by atoms with Crippen LogP contribution in [-0.2, 0) is 27.5 Å². The Balaban J connectivity index is 1.71. The molecule has 1 heterocycles. The quantitative estimate of drug-likeness (QED) is 0.675. The van der Waals surface area contributed by atoms with Crippen LogP contribution in [0, 0.1) is 11.8 Å². The SMILES string of the molecule is CCC[C@H](N)C(=O)N([C@H]1CC[C@@H]2CN(Cc3ccc(C(F)(F)F)cc3)C[C@@H]21)S(C)(=O)=O. The number of carbonyl (C=O) groups is 1. The Bertz CT molecular complexity index is 889. The summed E-state index contributed by atoms with van der Waals surface area (Å²) in [6.45, 7) is 3.70. The highest BCUT2D eigenvalue weighted by molar-refractivity contribution is 7.88. The van der Waals surface area contributed by atoms with Crippen LogP contribution >= 0.6 is 0 Å². The molecule has 1 amide bonds. The third-order valence-corrected chi connectivity index (χ3v) is 7.54. The van der Waals surface area contributed by atoms with Crippen molar-refractivity contribution in [1.29, 1.82) is 0 Å². The van der Waals surface area contributed by atoms with Gasteiger partial charge in [0, 0.05) is 19.6 Å². The van der Waals surface area contributed by atoms with Crippen LogP contribution in [0.3, 0.4) is 0 Å². The third-order valence-electron chi connectivity index (χ3n) is 6.37. The highest BCUT2D eigenvalue weighted by Gasteiger charge is 2.48. The second-order valence-corrected chi connectivity index (χ2v) is 10.6. The molecule has 174 valence electrons. The largest absolute Gasteiger partial charge is 0.416 e. The van der Waals surface area contributed by atoms with Crippen LogP contribution in [0.4, 0.5) is 13.2 Å². The lowest BCUT2D eigenvalue weighted by Crippen LogP contribution is -2.53. The molecule has 1 saturated heterocycles. The van der Waals surface area contributed by atoms with Crippen molar-refractivity contribution in [2.45, 2.75) is 57.4 Å². The smallest absolute Gasteiger partial charge is 0.320 e. The molecule has 31 heavy (non-hydrogen) atoms. The number of rotatable bonds is 7. The standard InChI is InChI=1S/C21H30F3N3O3S/c1-3-4-18(25)20(28)27(31(2,29)30)19-10-7-15-12-26(13-17(15)19)11-14-5-8-16(9-6-14)21(22,23)24/h5-6,8-9,15,17-19H,3-4,7,10-13,25H2,1-2H3/t15-,17+,18+,19+/m1/s1. The molecule has 2 aliphatic rings. The van der Waals surface area contributed by atoms with Crippen LogP contribution in [0.15, 0.2) is 24.3 Å². The Labute approximate surface area is 181 Å². The van der Waals surface area contributed by atoms with Crippen LogP contribution < -0.4 is 5.73 Å². The zero-order valence-corrected chi connectivity index (χ0v) is 18.6. The van der Waals surface area contributed by atoms with Gasteiger partial charge in [-0.3, -0.25) is 9.69 Å². The molecule has 2 fully saturated rings. The van der Waals surface area contributed by atoms with Crippen molar-refractivity contribution < 1.29 is 26.4 Å². The van der Waals surface area contributed by atoms with Gasteiger partial charge < -0.3 is 5.73 Å². The number of nitrogens with zero attached hydrogens (tertiary/aromatic N) is 2. The molecule has 0 bridgehead atoms. The number of amides is 1. The number of hydrogen-bond donors (Lipinski definition) is 1. The minimum atomic E-state index is -4.36. The van der Waals surface area contributed by atoms with E-state index in [9.17, 15) is 26.4 Å². The number of fused-ring (bicyclic) bond motifs is 1. The van der Waals surface area contributed by atoms with E-state index >= 15 is 0 Å². The van der Waals surface area contributed by atoms with Crippen LogP contribution in [0.5, 0.6) is 0 Å². The molecule has 2 N–H and O–H groups in total. The van der Waals surface area contributed by atoms with Gasteiger partial charge in [-0.15, -0.1) is 0 Å². The predicted molar refractivity (Wildman–Crippen MR) is 111 cm³/mol. The lowest BCUT2D eigenvalue weighted by molar-refractivity contribution is -0.137. The molecule has 10 heteroatoms. The second-order valence-electron chi connectivity index (χ2n) is 8.75. The molecule has 1 aliphatic heterocycles. The van der Waals surface area contributed by atoms with Gasteiger partial charge in [0.1, 0.15) is 0 Å². The molecule has 1 aromatic rings. The van der Waals surface area contributed by atoms with Gasteiger partial charge in [-0.05, 0) is 48.8 Å². The average Bonchev–Trinajstić information content (AvgIpc) is 3.22. The Morgan fingerprint density at radius 2 is 1.87 bits per heavy atom. The van der Waals surface area contributed by atoms with E-state index in [1.165, 1.54) is 12.1 Å². The third kappa shape index (κ3) is 5.40. The molecule has 6 nitrogen and oxygen atoms in total. The summed E-state index contributed by atoms with van der Waals surface area (Å²) in [4.78, 5) is 15.0. The summed E-state index contributed by atoms with van der Waals surface area (Å²) < 4.78 is 64.3. The average molecular weight is 462 g/mol. The van der Waals surface area contributed by atoms with E-state index in [-0.39, 0.29) is 11.8 Å². The Morgan fingerprint density at radius 3 is 2.42 bits per heavy atom. The molecule has 1 aliphatic carbocycles. The van der Waals surface area contributed by atoms with Crippen molar-refractivity contribution in [3.05, 3.63) is 35.4 Å². The highest BCUT2D eigenvalue weighted by atomic mass is 32.2. The first-order chi connectivity index (χ1) is 14.4. The van der Waals surface area contributed by atoms with Crippen LogP contribution in [-0.4, -0.2) is 55.0 Å². The van der Waals surface area contributed by atoms with Crippen LogP contribution in [0.1, 0.15) is 43.7 Å². The van der Waals surface area contributed by atoms with Gasteiger partial charge in [0.15, 0.2) is 0 Å². The second kappa shape index (κ2) is 9.07. The first-order valence-corrected chi connectivity index (χ1v) is 12.4. The monoisotopic (exact) mass is 461 g/mol. The number of likely N-dealkylation sites (tertiary alicyclic amines) is 1. The van der Waals surface area contributed by atoms with E-state index in [1.54, 1.807) is 0 Å². The van der Waals surface area contributed by atoms with Gasteiger partial charge in [-0.1, -0.05) is 25.5 Å². The minimum Gasteiger partial charge on any atom is -0.320 e. The number of alkyl halides is 3. The summed E-state index contributed by atoms with van der Waals surface area (Å²) in [5.74, 6) is -0.294. The first kappa shape index (κ1) is 24.0.